The first-order valence-electron chi connectivity index (χ1n) is 5.10. The molecule has 0 aliphatic carbocycles. The number of rotatable bonds is 2. The van der Waals surface area contributed by atoms with Gasteiger partial charge in [-0.2, -0.15) is 0 Å². The number of hydrogen-bond donors (Lipinski definition) is 0. The first-order valence-corrected chi connectivity index (χ1v) is 5.48. The average molecular weight is 258 g/mol. The van der Waals surface area contributed by atoms with Crippen molar-refractivity contribution in [2.45, 2.75) is 6.42 Å². The Labute approximate surface area is 102 Å². The molecule has 1 heterocycles. The van der Waals surface area contributed by atoms with Crippen LogP contribution in [-0.2, 0) is 4.79 Å². The zero-order valence-electron chi connectivity index (χ0n) is 8.92. The van der Waals surface area contributed by atoms with Gasteiger partial charge in [-0.3, -0.25) is 4.79 Å². The highest BCUT2D eigenvalue weighted by atomic mass is 35.5. The molecule has 0 radical (unpaired) electrons. The van der Waals surface area contributed by atoms with Gasteiger partial charge in [-0.05, 0) is 6.07 Å². The van der Waals surface area contributed by atoms with Gasteiger partial charge in [0.1, 0.15) is 11.6 Å². The molecular weight excluding hydrogens is 248 g/mol. The van der Waals surface area contributed by atoms with Crippen LogP contribution >= 0.6 is 11.6 Å². The van der Waals surface area contributed by atoms with E-state index in [1.807, 2.05) is 0 Å². The summed E-state index contributed by atoms with van der Waals surface area (Å²) >= 11 is 5.58. The lowest BCUT2D eigenvalue weighted by Gasteiger charge is -2.17. The van der Waals surface area contributed by atoms with Crippen molar-refractivity contribution in [1.29, 1.82) is 0 Å². The van der Waals surface area contributed by atoms with Gasteiger partial charge in [0.15, 0.2) is 0 Å². The largest absolute Gasteiger partial charge is 0.309 e. The van der Waals surface area contributed by atoms with Crippen LogP contribution in [0, 0.1) is 17.6 Å². The van der Waals surface area contributed by atoms with Crippen molar-refractivity contribution in [1.82, 2.24) is 0 Å². The summed E-state index contributed by atoms with van der Waals surface area (Å²) in [5, 5.41) is -0.198. The van der Waals surface area contributed by atoms with Crippen LogP contribution in [0.2, 0.25) is 5.02 Å². The highest BCUT2D eigenvalue weighted by Gasteiger charge is 2.30. The molecule has 1 unspecified atom stereocenters. The van der Waals surface area contributed by atoms with Crippen LogP contribution in [0.5, 0.6) is 0 Å². The molecule has 1 aliphatic rings. The molecule has 1 fully saturated rings. The van der Waals surface area contributed by atoms with Gasteiger partial charge in [0, 0.05) is 24.9 Å². The molecule has 2 nitrogen and oxygen atoms in total. The van der Waals surface area contributed by atoms with Gasteiger partial charge in [-0.15, -0.1) is 6.58 Å². The van der Waals surface area contributed by atoms with Gasteiger partial charge in [0.25, 0.3) is 0 Å². The number of carbonyl (C=O) groups excluding carboxylic acids is 1. The quantitative estimate of drug-likeness (QED) is 0.589. The van der Waals surface area contributed by atoms with Crippen LogP contribution in [-0.4, -0.2) is 12.5 Å². The van der Waals surface area contributed by atoms with E-state index < -0.39 is 11.6 Å². The van der Waals surface area contributed by atoms with E-state index >= 15 is 0 Å². The second-order valence-corrected chi connectivity index (χ2v) is 4.33. The van der Waals surface area contributed by atoms with E-state index in [1.54, 1.807) is 6.08 Å². The van der Waals surface area contributed by atoms with E-state index in [1.165, 1.54) is 4.90 Å². The smallest absolute Gasteiger partial charge is 0.227 e. The van der Waals surface area contributed by atoms with E-state index in [9.17, 15) is 13.6 Å². The number of halogens is 3. The first kappa shape index (κ1) is 12.0. The fourth-order valence-electron chi connectivity index (χ4n) is 1.84. The van der Waals surface area contributed by atoms with Crippen LogP contribution in [0.25, 0.3) is 0 Å². The Balaban J connectivity index is 2.38. The Morgan fingerprint density at radius 1 is 1.41 bits per heavy atom. The molecule has 0 N–H and O–H groups in total. The fourth-order valence-corrected chi connectivity index (χ4v) is 2.00. The summed E-state index contributed by atoms with van der Waals surface area (Å²) in [6, 6.07) is 1.82. The normalized spacial score (nSPS) is 19.8. The highest BCUT2D eigenvalue weighted by molar-refractivity contribution is 6.31. The minimum atomic E-state index is -0.833. The Morgan fingerprint density at radius 3 is 2.71 bits per heavy atom. The number of amides is 1. The molecule has 0 saturated carbocycles. The number of benzene rings is 1. The van der Waals surface area contributed by atoms with Gasteiger partial charge in [0.05, 0.1) is 10.7 Å². The summed E-state index contributed by atoms with van der Waals surface area (Å²) in [6.45, 7) is 3.95. The van der Waals surface area contributed by atoms with Crippen molar-refractivity contribution in [3.05, 3.63) is 41.4 Å². The first-order chi connectivity index (χ1) is 8.02. The maximum absolute atomic E-state index is 13.6. The molecular formula is C12H10ClF2NO. The second kappa shape index (κ2) is 4.45. The van der Waals surface area contributed by atoms with Crippen LogP contribution in [0.15, 0.2) is 24.8 Å². The van der Waals surface area contributed by atoms with Crippen molar-refractivity contribution in [2.75, 3.05) is 11.4 Å². The monoisotopic (exact) mass is 257 g/mol. The Morgan fingerprint density at radius 2 is 2.12 bits per heavy atom. The lowest BCUT2D eigenvalue weighted by atomic mass is 10.1. The molecule has 90 valence electrons. The lowest BCUT2D eigenvalue weighted by molar-refractivity contribution is -0.117. The maximum atomic E-state index is 13.6. The molecule has 0 spiro atoms. The molecule has 0 bridgehead atoms. The number of carbonyl (C=O) groups is 1. The summed E-state index contributed by atoms with van der Waals surface area (Å²) < 4.78 is 26.6. The predicted molar refractivity (Wildman–Crippen MR) is 62.0 cm³/mol. The Bertz CT molecular complexity index is 490. The van der Waals surface area contributed by atoms with Crippen LogP contribution in [0.3, 0.4) is 0 Å². The molecule has 1 amide bonds. The van der Waals surface area contributed by atoms with E-state index in [4.69, 9.17) is 11.6 Å². The predicted octanol–water partition coefficient (Wildman–Crippen LogP) is 3.16. The third-order valence-electron chi connectivity index (χ3n) is 2.77. The number of nitrogens with zero attached hydrogens (tertiary/aromatic N) is 1. The highest BCUT2D eigenvalue weighted by Crippen LogP contribution is 2.31. The number of hydrogen-bond acceptors (Lipinski definition) is 1. The van der Waals surface area contributed by atoms with Crippen molar-refractivity contribution < 1.29 is 13.6 Å². The molecule has 1 aromatic carbocycles. The van der Waals surface area contributed by atoms with Crippen molar-refractivity contribution in [2.24, 2.45) is 5.92 Å². The van der Waals surface area contributed by atoms with E-state index in [0.29, 0.717) is 12.6 Å². The zero-order chi connectivity index (χ0) is 12.6. The van der Waals surface area contributed by atoms with E-state index in [2.05, 4.69) is 6.58 Å². The van der Waals surface area contributed by atoms with Gasteiger partial charge >= 0.3 is 0 Å². The molecule has 1 aromatic rings. The molecule has 1 saturated heterocycles. The molecule has 0 aromatic heterocycles. The van der Waals surface area contributed by atoms with Gasteiger partial charge < -0.3 is 4.90 Å². The number of anilines is 1. The second-order valence-electron chi connectivity index (χ2n) is 3.92. The van der Waals surface area contributed by atoms with E-state index in [0.717, 1.165) is 6.07 Å². The zero-order valence-corrected chi connectivity index (χ0v) is 9.68. The Kier molecular flexibility index (Phi) is 3.15. The van der Waals surface area contributed by atoms with Gasteiger partial charge in [0.2, 0.25) is 5.91 Å². The molecule has 5 heteroatoms. The Hall–Kier alpha value is -1.42. The minimum absolute atomic E-state index is 0.00858. The van der Waals surface area contributed by atoms with Gasteiger partial charge in [-0.25, -0.2) is 8.78 Å². The van der Waals surface area contributed by atoms with Crippen LogP contribution in [0.1, 0.15) is 6.42 Å². The lowest BCUT2D eigenvalue weighted by Crippen LogP contribution is -2.25. The van der Waals surface area contributed by atoms with Crippen molar-refractivity contribution >= 4 is 23.2 Å². The summed E-state index contributed by atoms with van der Waals surface area (Å²) in [5.41, 5.74) is 0.0192. The van der Waals surface area contributed by atoms with Crippen molar-refractivity contribution in [3.63, 3.8) is 0 Å². The minimum Gasteiger partial charge on any atom is -0.309 e. The molecule has 17 heavy (non-hydrogen) atoms. The average Bonchev–Trinajstić information content (AvgIpc) is 2.65. The fraction of sp³-hybridized carbons (Fsp3) is 0.250. The van der Waals surface area contributed by atoms with Gasteiger partial charge in [-0.1, -0.05) is 17.7 Å². The summed E-state index contributed by atoms with van der Waals surface area (Å²) in [7, 11) is 0. The van der Waals surface area contributed by atoms with Crippen LogP contribution in [0.4, 0.5) is 14.5 Å². The summed E-state index contributed by atoms with van der Waals surface area (Å²) in [5.74, 6) is -1.84. The SMILES string of the molecule is C=CC1CC(=O)N(c2cc(Cl)c(F)cc2F)C1. The molecule has 1 aliphatic heterocycles. The third-order valence-corrected chi connectivity index (χ3v) is 3.06. The van der Waals surface area contributed by atoms with Crippen molar-refractivity contribution in [3.8, 4) is 0 Å². The summed E-state index contributed by atoms with van der Waals surface area (Å²) in [4.78, 5) is 12.9. The maximum Gasteiger partial charge on any atom is 0.227 e. The molecule has 2 rings (SSSR count). The standard InChI is InChI=1S/C12H10ClF2NO/c1-2-7-3-12(17)16(6-7)11-4-8(13)9(14)5-10(11)15/h2,4-5,7H,1,3,6H2. The summed E-state index contributed by atoms with van der Waals surface area (Å²) in [6.07, 6.45) is 1.94. The van der Waals surface area contributed by atoms with E-state index in [-0.39, 0.29) is 29.0 Å². The van der Waals surface area contributed by atoms with Crippen LogP contribution < -0.4 is 4.90 Å². The third kappa shape index (κ3) is 2.17. The topological polar surface area (TPSA) is 20.3 Å². The molecule has 1 atom stereocenters.